The number of hydrogen-bond acceptors (Lipinski definition) is 8. The molecule has 0 saturated heterocycles. The third kappa shape index (κ3) is 4.10. The van der Waals surface area contributed by atoms with Gasteiger partial charge in [-0.05, 0) is 85.4 Å². The van der Waals surface area contributed by atoms with E-state index in [1.165, 1.54) is 43.3 Å². The molecule has 0 amide bonds. The van der Waals surface area contributed by atoms with Crippen molar-refractivity contribution in [1.82, 2.24) is 0 Å². The zero-order valence-corrected chi connectivity index (χ0v) is 23.0. The largest absolute Gasteiger partial charge is 0.390 e. The molecule has 0 aromatic heterocycles. The van der Waals surface area contributed by atoms with Gasteiger partial charge in [0, 0.05) is 23.8 Å². The van der Waals surface area contributed by atoms with Crippen molar-refractivity contribution in [2.45, 2.75) is 55.9 Å². The van der Waals surface area contributed by atoms with E-state index in [0.29, 0.717) is 0 Å². The summed E-state index contributed by atoms with van der Waals surface area (Å²) >= 11 is 0. The highest BCUT2D eigenvalue weighted by Gasteiger charge is 2.73. The summed E-state index contributed by atoms with van der Waals surface area (Å²) in [5.41, 5.74) is -4.65. The summed E-state index contributed by atoms with van der Waals surface area (Å²) in [5.74, 6) is -4.01. The number of ketones is 2. The average Bonchev–Trinajstić information content (AvgIpc) is 3.17. The van der Waals surface area contributed by atoms with Crippen LogP contribution in [0.2, 0.25) is 0 Å². The average molecular weight is 581 g/mol. The summed E-state index contributed by atoms with van der Waals surface area (Å²) in [5, 5.41) is 38.2. The zero-order chi connectivity index (χ0) is 29.4. The first-order valence-corrected chi connectivity index (χ1v) is 14.8. The molecule has 5 rings (SSSR count). The fourth-order valence-corrected chi connectivity index (χ4v) is 8.95. The second-order valence-corrected chi connectivity index (χ2v) is 13.7. The van der Waals surface area contributed by atoms with Gasteiger partial charge in [0.2, 0.25) is 10.0 Å². The monoisotopic (exact) mass is 580 g/mol. The minimum atomic E-state index is -3.95. The number of nitrogens with zero attached hydrogens (tertiary/aromatic N) is 1. The van der Waals surface area contributed by atoms with Gasteiger partial charge >= 0.3 is 0 Å². The van der Waals surface area contributed by atoms with Crippen molar-refractivity contribution in [3.05, 3.63) is 48.1 Å². The number of carbonyl (C=O) groups excluding carboxylic acids is 2. The third-order valence-electron chi connectivity index (χ3n) is 10.2. The zero-order valence-electron chi connectivity index (χ0n) is 22.2. The second-order valence-electron chi connectivity index (χ2n) is 12.2. The molecule has 40 heavy (non-hydrogen) atoms. The lowest BCUT2D eigenvalue weighted by Gasteiger charge is -2.62. The summed E-state index contributed by atoms with van der Waals surface area (Å²) < 4.78 is 56.2. The molecule has 218 valence electrons. The Bertz CT molecular complexity index is 1400. The van der Waals surface area contributed by atoms with Gasteiger partial charge in [-0.1, -0.05) is 13.0 Å². The molecule has 9 nitrogen and oxygen atoms in total. The van der Waals surface area contributed by atoms with Crippen LogP contribution >= 0.6 is 0 Å². The maximum atomic E-state index is 17.4. The number of Topliss-reactive ketones (excluding diaryl/α,β-unsaturated/α-hetero) is 1. The van der Waals surface area contributed by atoms with Gasteiger partial charge in [0.25, 0.3) is 0 Å². The van der Waals surface area contributed by atoms with E-state index in [2.05, 4.69) is 0 Å². The van der Waals surface area contributed by atoms with E-state index in [4.69, 9.17) is 5.14 Å². The van der Waals surface area contributed by atoms with Crippen LogP contribution in [0.15, 0.2) is 53.0 Å². The summed E-state index contributed by atoms with van der Waals surface area (Å²) in [6.45, 7) is 2.34. The molecule has 1 aromatic rings. The number of sulfonamides is 1. The highest BCUT2D eigenvalue weighted by Crippen LogP contribution is 2.70. The lowest BCUT2D eigenvalue weighted by molar-refractivity contribution is -0.202. The number of carbonyl (C=O) groups is 2. The van der Waals surface area contributed by atoms with Crippen molar-refractivity contribution in [2.24, 2.45) is 39.6 Å². The minimum absolute atomic E-state index is 0.00316. The van der Waals surface area contributed by atoms with E-state index in [1.54, 1.807) is 6.92 Å². The lowest BCUT2D eigenvalue weighted by Crippen LogP contribution is -2.68. The first-order valence-electron chi connectivity index (χ1n) is 13.3. The molecular formula is C28H34F2N2O7S. The molecule has 0 bridgehead atoms. The molecule has 0 radical (unpaired) electrons. The number of primary sulfonamides is 1. The standard InChI is InChI=1S/C28H34F2N2O7S/c1-26-12-24(36)28(30)20(11-22(29)21-10-17(34)7-8-27(21,28)2)19(26)9-15(25(26)23(35)14-33)13-32(37)16-3-5-18(6-4-16)40(31,38)39/h3-8,10,15,19-20,22,24-25,33,36-37H,9,11-14H2,1-2H3,(H2,31,38,39)/t15-,19?,20-,22-,24-,25+,26-,27-,28-/m0/s1. The number of benzene rings is 1. The van der Waals surface area contributed by atoms with E-state index in [9.17, 15) is 33.4 Å². The number of hydroxylamine groups is 1. The maximum Gasteiger partial charge on any atom is 0.238 e. The van der Waals surface area contributed by atoms with E-state index >= 15 is 8.78 Å². The van der Waals surface area contributed by atoms with Crippen LogP contribution in [0.5, 0.6) is 0 Å². The topological polar surface area (TPSA) is 158 Å². The number of allylic oxidation sites excluding steroid dienone is 4. The van der Waals surface area contributed by atoms with E-state index in [-0.39, 0.29) is 42.0 Å². The molecule has 12 heteroatoms. The Morgan fingerprint density at radius 3 is 2.42 bits per heavy atom. The first kappa shape index (κ1) is 29.0. The molecule has 3 fully saturated rings. The second kappa shape index (κ2) is 9.52. The molecule has 0 spiro atoms. The number of halogens is 2. The van der Waals surface area contributed by atoms with Crippen molar-refractivity contribution < 1.29 is 42.2 Å². The van der Waals surface area contributed by atoms with Crippen LogP contribution < -0.4 is 10.2 Å². The van der Waals surface area contributed by atoms with Crippen molar-refractivity contribution in [3.63, 3.8) is 0 Å². The Morgan fingerprint density at radius 2 is 1.82 bits per heavy atom. The van der Waals surface area contributed by atoms with Gasteiger partial charge in [-0.2, -0.15) is 0 Å². The number of aliphatic hydroxyl groups is 2. The van der Waals surface area contributed by atoms with Crippen LogP contribution in [0, 0.1) is 34.5 Å². The van der Waals surface area contributed by atoms with Crippen LogP contribution in [-0.4, -0.2) is 66.5 Å². The van der Waals surface area contributed by atoms with Crippen LogP contribution in [0.4, 0.5) is 14.5 Å². The Hall–Kier alpha value is -2.51. The predicted molar refractivity (Wildman–Crippen MR) is 140 cm³/mol. The highest BCUT2D eigenvalue weighted by molar-refractivity contribution is 7.89. The van der Waals surface area contributed by atoms with Gasteiger partial charge in [0.05, 0.1) is 16.7 Å². The minimum Gasteiger partial charge on any atom is -0.390 e. The Labute approximate surface area is 231 Å². The van der Waals surface area contributed by atoms with Gasteiger partial charge in [0.1, 0.15) is 12.8 Å². The van der Waals surface area contributed by atoms with E-state index in [1.807, 2.05) is 0 Å². The molecule has 1 aromatic carbocycles. The van der Waals surface area contributed by atoms with Gasteiger partial charge in [-0.15, -0.1) is 0 Å². The Kier molecular flexibility index (Phi) is 6.90. The number of aliphatic hydroxyl groups excluding tert-OH is 2. The molecule has 0 heterocycles. The smallest absolute Gasteiger partial charge is 0.238 e. The third-order valence-corrected chi connectivity index (χ3v) is 11.1. The van der Waals surface area contributed by atoms with Crippen molar-refractivity contribution in [1.29, 1.82) is 0 Å². The number of hydrogen-bond donors (Lipinski definition) is 4. The Balaban J connectivity index is 1.51. The number of fused-ring (bicyclic) bond motifs is 5. The normalized spacial score (nSPS) is 40.6. The molecule has 5 N–H and O–H groups in total. The lowest BCUT2D eigenvalue weighted by atomic mass is 9.45. The van der Waals surface area contributed by atoms with Crippen LogP contribution in [0.1, 0.15) is 33.1 Å². The van der Waals surface area contributed by atoms with Crippen molar-refractivity contribution >= 4 is 27.3 Å². The van der Waals surface area contributed by atoms with Crippen LogP contribution in [-0.2, 0) is 19.6 Å². The van der Waals surface area contributed by atoms with Gasteiger partial charge in [-0.3, -0.25) is 19.9 Å². The quantitative estimate of drug-likeness (QED) is 0.373. The molecule has 4 aliphatic rings. The van der Waals surface area contributed by atoms with Gasteiger partial charge < -0.3 is 10.2 Å². The summed E-state index contributed by atoms with van der Waals surface area (Å²) in [4.78, 5) is 25.0. The van der Waals surface area contributed by atoms with Crippen LogP contribution in [0.25, 0.3) is 0 Å². The SMILES string of the molecule is C[C@]12C[C@H](O)[C@@]3(F)[C@@H](C[C@H](F)C4=CC(=O)C=C[C@@]43C)C1C[C@@H](CN(O)c1ccc(S(N)(=O)=O)cc1)[C@@H]2C(=O)CO. The van der Waals surface area contributed by atoms with E-state index in [0.717, 1.165) is 11.1 Å². The van der Waals surface area contributed by atoms with Crippen molar-refractivity contribution in [3.8, 4) is 0 Å². The first-order chi connectivity index (χ1) is 18.6. The number of alkyl halides is 2. The molecule has 1 unspecified atom stereocenters. The fourth-order valence-electron chi connectivity index (χ4n) is 8.43. The Morgan fingerprint density at radius 1 is 1.18 bits per heavy atom. The molecule has 4 aliphatic carbocycles. The maximum absolute atomic E-state index is 17.4. The summed E-state index contributed by atoms with van der Waals surface area (Å²) in [6.07, 6.45) is 0.255. The van der Waals surface area contributed by atoms with Crippen LogP contribution in [0.3, 0.4) is 0 Å². The molecule has 9 atom stereocenters. The fraction of sp³-hybridized carbons (Fsp3) is 0.571. The van der Waals surface area contributed by atoms with E-state index < -0.39 is 80.6 Å². The number of nitrogens with two attached hydrogens (primary N) is 1. The molecular weight excluding hydrogens is 546 g/mol. The highest BCUT2D eigenvalue weighted by atomic mass is 32.2. The molecule has 0 aliphatic heterocycles. The van der Waals surface area contributed by atoms with Gasteiger partial charge in [0.15, 0.2) is 17.2 Å². The number of rotatable bonds is 6. The summed E-state index contributed by atoms with van der Waals surface area (Å²) in [7, 11) is -3.95. The van der Waals surface area contributed by atoms with Gasteiger partial charge in [-0.25, -0.2) is 22.3 Å². The number of anilines is 1. The summed E-state index contributed by atoms with van der Waals surface area (Å²) in [6, 6.07) is 5.16. The molecule has 3 saturated carbocycles. The van der Waals surface area contributed by atoms with Crippen molar-refractivity contribution in [2.75, 3.05) is 18.2 Å². The predicted octanol–water partition coefficient (Wildman–Crippen LogP) is 2.25.